The van der Waals surface area contributed by atoms with Crippen molar-refractivity contribution in [2.75, 3.05) is 54.5 Å². The SMILES string of the molecule is CCN1C(=O)N(Cc2ccc(OC)cc2)c2cc(CN3CCN(c4cc(C)c(C(N)=O)nc4C(F)(F)F)CC3)cc3ncnc1c23. The average molecular weight is 635 g/mol. The third-order valence-corrected chi connectivity index (χ3v) is 8.40. The predicted octanol–water partition coefficient (Wildman–Crippen LogP) is 4.75. The second-order valence-electron chi connectivity index (χ2n) is 11.3. The van der Waals surface area contributed by atoms with E-state index in [2.05, 4.69) is 19.9 Å². The number of anilines is 3. The summed E-state index contributed by atoms with van der Waals surface area (Å²) < 4.78 is 47.1. The first kappa shape index (κ1) is 31.0. The highest BCUT2D eigenvalue weighted by Crippen LogP contribution is 2.40. The van der Waals surface area contributed by atoms with Crippen LogP contribution in [0.15, 0.2) is 48.8 Å². The van der Waals surface area contributed by atoms with Gasteiger partial charge in [-0.2, -0.15) is 13.2 Å². The molecule has 0 atom stereocenters. The summed E-state index contributed by atoms with van der Waals surface area (Å²) in [6.45, 7) is 6.29. The minimum atomic E-state index is -4.75. The van der Waals surface area contributed by atoms with Gasteiger partial charge in [-0.3, -0.25) is 19.5 Å². The summed E-state index contributed by atoms with van der Waals surface area (Å²) in [6, 6.07) is 12.6. The lowest BCUT2D eigenvalue weighted by atomic mass is 10.0. The number of benzene rings is 2. The van der Waals surface area contributed by atoms with Crippen LogP contribution in [0.5, 0.6) is 5.75 Å². The van der Waals surface area contributed by atoms with Crippen LogP contribution in [0.4, 0.5) is 35.2 Å². The summed E-state index contributed by atoms with van der Waals surface area (Å²) in [5.74, 6) is 0.277. The van der Waals surface area contributed by atoms with Crippen molar-refractivity contribution in [1.82, 2.24) is 19.9 Å². The first-order chi connectivity index (χ1) is 22.0. The molecule has 1 saturated heterocycles. The van der Waals surface area contributed by atoms with Crippen LogP contribution in [0, 0.1) is 6.92 Å². The van der Waals surface area contributed by atoms with Gasteiger partial charge in [0, 0.05) is 39.3 Å². The van der Waals surface area contributed by atoms with Crippen molar-refractivity contribution in [2.24, 2.45) is 5.73 Å². The van der Waals surface area contributed by atoms with Crippen LogP contribution in [0.3, 0.4) is 0 Å². The van der Waals surface area contributed by atoms with E-state index in [1.165, 1.54) is 19.3 Å². The van der Waals surface area contributed by atoms with Gasteiger partial charge in [-0.25, -0.2) is 19.7 Å². The molecule has 2 N–H and O–H groups in total. The van der Waals surface area contributed by atoms with Crippen LogP contribution in [-0.4, -0.2) is 71.6 Å². The number of alkyl halides is 3. The van der Waals surface area contributed by atoms with Crippen LogP contribution in [-0.2, 0) is 19.3 Å². The molecule has 0 saturated carbocycles. The highest BCUT2D eigenvalue weighted by molar-refractivity contribution is 6.18. The number of rotatable bonds is 8. The van der Waals surface area contributed by atoms with Gasteiger partial charge in [-0.15, -0.1) is 0 Å². The molecule has 4 aromatic rings. The molecule has 0 unspecified atom stereocenters. The number of amides is 3. The summed E-state index contributed by atoms with van der Waals surface area (Å²) >= 11 is 0. The number of urea groups is 1. The van der Waals surface area contributed by atoms with Gasteiger partial charge in [-0.05, 0) is 60.9 Å². The minimum absolute atomic E-state index is 0.0674. The summed E-state index contributed by atoms with van der Waals surface area (Å²) in [5.41, 5.74) is 7.23. The molecule has 4 heterocycles. The van der Waals surface area contributed by atoms with E-state index in [1.807, 2.05) is 43.3 Å². The van der Waals surface area contributed by atoms with Crippen LogP contribution in [0.2, 0.25) is 0 Å². The fourth-order valence-corrected chi connectivity index (χ4v) is 6.11. The second kappa shape index (κ2) is 12.1. The Balaban J connectivity index is 1.27. The number of primary amides is 1. The standard InChI is InChI=1S/C32H33F3N8O3/c1-4-42-30-26-23(37-18-38-30)14-21(15-24(26)43(31(42)45)17-20-5-7-22(46-3)8-6-20)16-40-9-11-41(12-10-40)25-13-19(2)27(29(36)44)39-28(25)32(33,34)35/h5-8,13-15,18H,4,9-12,16-17H2,1-3H3,(H2,36,44). The molecule has 2 aliphatic heterocycles. The Labute approximate surface area is 263 Å². The van der Waals surface area contributed by atoms with Gasteiger partial charge < -0.3 is 15.4 Å². The van der Waals surface area contributed by atoms with Gasteiger partial charge >= 0.3 is 12.2 Å². The Morgan fingerprint density at radius 1 is 0.957 bits per heavy atom. The van der Waals surface area contributed by atoms with Crippen molar-refractivity contribution in [3.05, 3.63) is 76.9 Å². The van der Waals surface area contributed by atoms with E-state index in [9.17, 15) is 22.8 Å². The lowest BCUT2D eigenvalue weighted by Crippen LogP contribution is -2.47. The molecule has 11 nitrogen and oxygen atoms in total. The van der Waals surface area contributed by atoms with E-state index in [0.29, 0.717) is 68.4 Å². The second-order valence-corrected chi connectivity index (χ2v) is 11.3. The lowest BCUT2D eigenvalue weighted by Gasteiger charge is -2.38. The number of hydrogen-bond donors (Lipinski definition) is 1. The number of carbonyl (C=O) groups is 2. The number of aryl methyl sites for hydroxylation is 1. The predicted molar refractivity (Wildman–Crippen MR) is 167 cm³/mol. The normalized spacial score (nSPS) is 15.5. The Kier molecular flexibility index (Phi) is 8.15. The molecule has 2 aliphatic rings. The molecule has 2 aromatic heterocycles. The van der Waals surface area contributed by atoms with Gasteiger partial charge in [0.2, 0.25) is 0 Å². The maximum atomic E-state index is 14.0. The van der Waals surface area contributed by atoms with Gasteiger partial charge in [-0.1, -0.05) is 12.1 Å². The number of halogens is 3. The zero-order valence-corrected chi connectivity index (χ0v) is 25.6. The molecule has 14 heteroatoms. The van der Waals surface area contributed by atoms with E-state index in [4.69, 9.17) is 10.5 Å². The monoisotopic (exact) mass is 634 g/mol. The van der Waals surface area contributed by atoms with Gasteiger partial charge in [0.1, 0.15) is 23.6 Å². The van der Waals surface area contributed by atoms with Crippen molar-refractivity contribution in [3.63, 3.8) is 0 Å². The average Bonchev–Trinajstić information content (AvgIpc) is 3.03. The molecule has 3 amide bonds. The summed E-state index contributed by atoms with van der Waals surface area (Å²) in [4.78, 5) is 45.2. The number of carbonyl (C=O) groups excluding carboxylic acids is 2. The van der Waals surface area contributed by atoms with E-state index in [-0.39, 0.29) is 17.4 Å². The molecule has 0 radical (unpaired) electrons. The molecular formula is C32H33F3N8O3. The number of pyridine rings is 1. The zero-order valence-electron chi connectivity index (χ0n) is 25.6. The number of nitrogens with two attached hydrogens (primary N) is 1. The van der Waals surface area contributed by atoms with Crippen LogP contribution >= 0.6 is 0 Å². The van der Waals surface area contributed by atoms with Crippen molar-refractivity contribution in [1.29, 1.82) is 0 Å². The molecule has 0 aliphatic carbocycles. The number of nitrogens with zero attached hydrogens (tertiary/aromatic N) is 7. The maximum Gasteiger partial charge on any atom is 0.435 e. The van der Waals surface area contributed by atoms with Crippen LogP contribution in [0.1, 0.15) is 39.8 Å². The number of piperazine rings is 1. The Bertz CT molecular complexity index is 1810. The van der Waals surface area contributed by atoms with Crippen molar-refractivity contribution in [2.45, 2.75) is 33.1 Å². The fourth-order valence-electron chi connectivity index (χ4n) is 6.11. The maximum absolute atomic E-state index is 14.0. The zero-order chi connectivity index (χ0) is 32.7. The number of methoxy groups -OCH3 is 1. The number of aromatic nitrogens is 3. The van der Waals surface area contributed by atoms with Crippen molar-refractivity contribution >= 4 is 40.0 Å². The molecule has 46 heavy (non-hydrogen) atoms. The van der Waals surface area contributed by atoms with Crippen LogP contribution < -0.4 is 25.2 Å². The number of hydrogen-bond acceptors (Lipinski definition) is 8. The smallest absolute Gasteiger partial charge is 0.435 e. The van der Waals surface area contributed by atoms with Crippen LogP contribution in [0.25, 0.3) is 10.9 Å². The van der Waals surface area contributed by atoms with Gasteiger partial charge in [0.25, 0.3) is 5.91 Å². The molecule has 2 aromatic carbocycles. The van der Waals surface area contributed by atoms with E-state index in [1.54, 1.807) is 21.8 Å². The molecule has 0 bridgehead atoms. The van der Waals surface area contributed by atoms with E-state index < -0.39 is 17.8 Å². The summed E-state index contributed by atoms with van der Waals surface area (Å²) in [5, 5.41) is 0.785. The van der Waals surface area contributed by atoms with Crippen molar-refractivity contribution < 1.29 is 27.5 Å². The van der Waals surface area contributed by atoms with E-state index >= 15 is 0 Å². The Hall–Kier alpha value is -4.98. The minimum Gasteiger partial charge on any atom is -0.497 e. The Morgan fingerprint density at radius 2 is 1.67 bits per heavy atom. The first-order valence-corrected chi connectivity index (χ1v) is 14.8. The largest absolute Gasteiger partial charge is 0.497 e. The molecule has 240 valence electrons. The quantitative estimate of drug-likeness (QED) is 0.295. The number of ether oxygens (including phenoxy) is 1. The summed E-state index contributed by atoms with van der Waals surface area (Å²) in [7, 11) is 1.60. The van der Waals surface area contributed by atoms with E-state index in [0.717, 1.165) is 22.3 Å². The Morgan fingerprint density at radius 3 is 2.30 bits per heavy atom. The highest BCUT2D eigenvalue weighted by Gasteiger charge is 2.39. The molecule has 6 rings (SSSR count). The molecule has 1 fully saturated rings. The fraction of sp³-hybridized carbons (Fsp3) is 0.344. The molecular weight excluding hydrogens is 601 g/mol. The highest BCUT2D eigenvalue weighted by atomic mass is 19.4. The topological polar surface area (TPSA) is 121 Å². The lowest BCUT2D eigenvalue weighted by molar-refractivity contribution is -0.140. The third kappa shape index (κ3) is 5.75. The van der Waals surface area contributed by atoms with Gasteiger partial charge in [0.15, 0.2) is 5.69 Å². The summed E-state index contributed by atoms with van der Waals surface area (Å²) in [6.07, 6.45) is -3.29. The molecule has 0 spiro atoms. The van der Waals surface area contributed by atoms with Crippen molar-refractivity contribution in [3.8, 4) is 5.75 Å². The third-order valence-electron chi connectivity index (χ3n) is 8.40. The first-order valence-electron chi connectivity index (χ1n) is 14.8. The van der Waals surface area contributed by atoms with Gasteiger partial charge in [0.05, 0.1) is 35.9 Å².